The molecule has 3 aromatic rings. The molecular formula is C19H18N4O2S2. The summed E-state index contributed by atoms with van der Waals surface area (Å²) >= 11 is 2.89. The Morgan fingerprint density at radius 2 is 2.07 bits per heavy atom. The number of aryl methyl sites for hydroxylation is 1. The smallest absolute Gasteiger partial charge is 0.231 e. The first-order chi connectivity index (χ1) is 13.1. The zero-order valence-corrected chi connectivity index (χ0v) is 16.3. The number of nitrogens with zero attached hydrogens (tertiary/aromatic N) is 3. The lowest BCUT2D eigenvalue weighted by Gasteiger charge is -2.16. The van der Waals surface area contributed by atoms with Gasteiger partial charge in [0.1, 0.15) is 5.01 Å². The van der Waals surface area contributed by atoms with E-state index in [4.69, 9.17) is 0 Å². The molecule has 3 heterocycles. The molecule has 1 aliphatic heterocycles. The molecule has 1 fully saturated rings. The van der Waals surface area contributed by atoms with Gasteiger partial charge in [-0.05, 0) is 30.5 Å². The second kappa shape index (κ2) is 7.58. The Morgan fingerprint density at radius 1 is 1.26 bits per heavy atom. The van der Waals surface area contributed by atoms with E-state index < -0.39 is 0 Å². The van der Waals surface area contributed by atoms with Crippen molar-refractivity contribution in [3.63, 3.8) is 0 Å². The monoisotopic (exact) mass is 398 g/mol. The fraction of sp³-hybridized carbons (Fsp3) is 0.263. The first-order valence-corrected chi connectivity index (χ1v) is 10.3. The third-order valence-electron chi connectivity index (χ3n) is 4.42. The second-order valence-electron chi connectivity index (χ2n) is 6.49. The molecule has 27 heavy (non-hydrogen) atoms. The van der Waals surface area contributed by atoms with Gasteiger partial charge in [0, 0.05) is 29.4 Å². The molecule has 2 amide bonds. The third-order valence-corrected chi connectivity index (χ3v) is 6.30. The first kappa shape index (κ1) is 17.8. The average molecular weight is 399 g/mol. The molecule has 0 spiro atoms. The van der Waals surface area contributed by atoms with Crippen molar-refractivity contribution in [2.45, 2.75) is 25.7 Å². The molecule has 1 aromatic carbocycles. The first-order valence-electron chi connectivity index (χ1n) is 8.61. The van der Waals surface area contributed by atoms with Crippen molar-refractivity contribution in [3.05, 3.63) is 57.2 Å². The van der Waals surface area contributed by atoms with Crippen LogP contribution >= 0.6 is 22.7 Å². The maximum Gasteiger partial charge on any atom is 0.231 e. The van der Waals surface area contributed by atoms with Crippen LogP contribution in [-0.4, -0.2) is 28.6 Å². The van der Waals surface area contributed by atoms with Crippen LogP contribution in [0.25, 0.3) is 0 Å². The molecule has 0 radical (unpaired) electrons. The molecule has 1 atom stereocenters. The summed E-state index contributed by atoms with van der Waals surface area (Å²) in [4.78, 5) is 27.3. The summed E-state index contributed by atoms with van der Waals surface area (Å²) in [6.45, 7) is 2.60. The quantitative estimate of drug-likeness (QED) is 0.712. The van der Waals surface area contributed by atoms with Gasteiger partial charge in [0.05, 0.1) is 6.42 Å². The summed E-state index contributed by atoms with van der Waals surface area (Å²) in [5, 5.41) is 14.3. The highest BCUT2D eigenvalue weighted by Crippen LogP contribution is 2.34. The summed E-state index contributed by atoms with van der Waals surface area (Å²) in [7, 11) is 0. The van der Waals surface area contributed by atoms with Crippen LogP contribution in [-0.2, 0) is 16.0 Å². The molecular weight excluding hydrogens is 380 g/mol. The van der Waals surface area contributed by atoms with E-state index in [2.05, 4.69) is 15.5 Å². The number of nitrogens with one attached hydrogen (secondary N) is 1. The zero-order valence-electron chi connectivity index (χ0n) is 14.7. The highest BCUT2D eigenvalue weighted by Gasteiger charge is 2.33. The highest BCUT2D eigenvalue weighted by atomic mass is 32.1. The summed E-state index contributed by atoms with van der Waals surface area (Å²) < 4.78 is 0. The zero-order chi connectivity index (χ0) is 18.8. The van der Waals surface area contributed by atoms with Gasteiger partial charge in [0.2, 0.25) is 16.9 Å². The number of aromatic nitrogens is 2. The summed E-state index contributed by atoms with van der Waals surface area (Å²) in [5.41, 5.74) is 2.07. The Labute approximate surface area is 164 Å². The number of thiophene rings is 1. The number of hydrogen-bond acceptors (Lipinski definition) is 6. The van der Waals surface area contributed by atoms with Crippen LogP contribution in [0.3, 0.4) is 0 Å². The van der Waals surface area contributed by atoms with Gasteiger partial charge in [-0.3, -0.25) is 9.59 Å². The molecule has 0 aliphatic carbocycles. The van der Waals surface area contributed by atoms with Crippen molar-refractivity contribution in [3.8, 4) is 0 Å². The van der Waals surface area contributed by atoms with E-state index in [1.54, 1.807) is 16.2 Å². The van der Waals surface area contributed by atoms with E-state index in [0.29, 0.717) is 24.5 Å². The van der Waals surface area contributed by atoms with Crippen molar-refractivity contribution < 1.29 is 9.59 Å². The van der Waals surface area contributed by atoms with E-state index in [1.807, 2.05) is 48.7 Å². The highest BCUT2D eigenvalue weighted by molar-refractivity contribution is 7.15. The Bertz CT molecular complexity index is 951. The number of rotatable bonds is 5. The van der Waals surface area contributed by atoms with Gasteiger partial charge in [-0.15, -0.1) is 21.5 Å². The minimum Gasteiger partial charge on any atom is -0.312 e. The molecule has 8 heteroatoms. The van der Waals surface area contributed by atoms with Gasteiger partial charge in [-0.1, -0.05) is 35.1 Å². The molecule has 4 rings (SSSR count). The predicted octanol–water partition coefficient (Wildman–Crippen LogP) is 3.61. The van der Waals surface area contributed by atoms with Gasteiger partial charge in [0.25, 0.3) is 0 Å². The topological polar surface area (TPSA) is 75.2 Å². The van der Waals surface area contributed by atoms with E-state index >= 15 is 0 Å². The third kappa shape index (κ3) is 4.06. The molecule has 1 saturated heterocycles. The van der Waals surface area contributed by atoms with Gasteiger partial charge < -0.3 is 10.2 Å². The van der Waals surface area contributed by atoms with Crippen LogP contribution in [0.2, 0.25) is 0 Å². The van der Waals surface area contributed by atoms with E-state index in [9.17, 15) is 9.59 Å². The minimum absolute atomic E-state index is 0.000693. The number of benzene rings is 1. The summed E-state index contributed by atoms with van der Waals surface area (Å²) in [6.07, 6.45) is 0.737. The van der Waals surface area contributed by atoms with Crippen LogP contribution in [0, 0.1) is 6.92 Å². The Balaban J connectivity index is 1.40. The average Bonchev–Trinajstić information content (AvgIpc) is 3.37. The molecule has 0 saturated carbocycles. The predicted molar refractivity (Wildman–Crippen MR) is 107 cm³/mol. The van der Waals surface area contributed by atoms with Crippen molar-refractivity contribution >= 4 is 45.3 Å². The number of amides is 2. The largest absolute Gasteiger partial charge is 0.312 e. The fourth-order valence-corrected chi connectivity index (χ4v) is 4.59. The van der Waals surface area contributed by atoms with Crippen LogP contribution in [0.4, 0.5) is 10.8 Å². The molecule has 2 aromatic heterocycles. The standard InChI is InChI=1S/C19H18N4O2S2/c1-12-4-6-14(7-5-12)23-11-13(9-17(23)25)18-21-22-19(27-18)20-16(24)10-15-3-2-8-26-15/h2-8,13H,9-11H2,1H3,(H,20,22,24). The Morgan fingerprint density at radius 3 is 2.81 bits per heavy atom. The normalized spacial score (nSPS) is 16.7. The van der Waals surface area contributed by atoms with Crippen molar-refractivity contribution in [2.24, 2.45) is 0 Å². The Hall–Kier alpha value is -2.58. The number of carbonyl (C=O) groups excluding carboxylic acids is 2. The molecule has 138 valence electrons. The van der Waals surface area contributed by atoms with E-state index in [1.165, 1.54) is 11.3 Å². The van der Waals surface area contributed by atoms with Crippen LogP contribution < -0.4 is 10.2 Å². The molecule has 6 nitrogen and oxygen atoms in total. The minimum atomic E-state index is -0.107. The molecule has 1 unspecified atom stereocenters. The molecule has 1 aliphatic rings. The lowest BCUT2D eigenvalue weighted by atomic mass is 10.1. The van der Waals surface area contributed by atoms with Gasteiger partial charge in [-0.25, -0.2) is 0 Å². The summed E-state index contributed by atoms with van der Waals surface area (Å²) in [6, 6.07) is 11.8. The van der Waals surface area contributed by atoms with Gasteiger partial charge in [-0.2, -0.15) is 0 Å². The summed E-state index contributed by atoms with van der Waals surface area (Å²) in [5.74, 6) is -0.0227. The van der Waals surface area contributed by atoms with Crippen molar-refractivity contribution in [1.82, 2.24) is 10.2 Å². The molecule has 1 N–H and O–H groups in total. The number of carbonyl (C=O) groups is 2. The van der Waals surface area contributed by atoms with Crippen LogP contribution in [0.15, 0.2) is 41.8 Å². The number of anilines is 2. The maximum absolute atomic E-state index is 12.4. The van der Waals surface area contributed by atoms with E-state index in [-0.39, 0.29) is 17.7 Å². The fourth-order valence-electron chi connectivity index (χ4n) is 3.03. The van der Waals surface area contributed by atoms with Crippen molar-refractivity contribution in [2.75, 3.05) is 16.8 Å². The van der Waals surface area contributed by atoms with Gasteiger partial charge in [0.15, 0.2) is 0 Å². The van der Waals surface area contributed by atoms with Crippen molar-refractivity contribution in [1.29, 1.82) is 0 Å². The maximum atomic E-state index is 12.4. The lowest BCUT2D eigenvalue weighted by molar-refractivity contribution is -0.117. The van der Waals surface area contributed by atoms with Gasteiger partial charge >= 0.3 is 0 Å². The second-order valence-corrected chi connectivity index (χ2v) is 8.53. The van der Waals surface area contributed by atoms with Crippen LogP contribution in [0.1, 0.15) is 27.8 Å². The SMILES string of the molecule is Cc1ccc(N2CC(c3nnc(NC(=O)Cc4cccs4)s3)CC2=O)cc1. The molecule has 0 bridgehead atoms. The van der Waals surface area contributed by atoms with Crippen LogP contribution in [0.5, 0.6) is 0 Å². The Kier molecular flexibility index (Phi) is 5.00. The lowest BCUT2D eigenvalue weighted by Crippen LogP contribution is -2.24. The number of hydrogen-bond donors (Lipinski definition) is 1. The van der Waals surface area contributed by atoms with E-state index in [0.717, 1.165) is 21.1 Å².